The van der Waals surface area contributed by atoms with Crippen LogP contribution in [-0.2, 0) is 0 Å². The van der Waals surface area contributed by atoms with Crippen molar-refractivity contribution < 1.29 is 0 Å². The van der Waals surface area contributed by atoms with E-state index in [-0.39, 0.29) is 0 Å². The van der Waals surface area contributed by atoms with Crippen LogP contribution < -0.4 is 0 Å². The molecule has 0 spiro atoms. The highest BCUT2D eigenvalue weighted by Crippen LogP contribution is 2.46. The Kier molecular flexibility index (Phi) is 4.08. The lowest BCUT2D eigenvalue weighted by atomic mass is 9.63. The Labute approximate surface area is 108 Å². The van der Waals surface area contributed by atoms with Crippen LogP contribution in [0.5, 0.6) is 0 Å². The van der Waals surface area contributed by atoms with Gasteiger partial charge in [-0.25, -0.2) is 0 Å². The number of hydrogen-bond donors (Lipinski definition) is 0. The van der Waals surface area contributed by atoms with E-state index in [0.717, 1.165) is 23.7 Å². The van der Waals surface area contributed by atoms with Crippen LogP contribution in [0.25, 0.3) is 0 Å². The minimum absolute atomic E-state index is 0.995. The molecule has 0 aromatic heterocycles. The summed E-state index contributed by atoms with van der Waals surface area (Å²) < 4.78 is 0. The van der Waals surface area contributed by atoms with Gasteiger partial charge in [0.1, 0.15) is 0 Å². The second-order valence-corrected chi connectivity index (χ2v) is 6.89. The average Bonchev–Trinajstić information content (AvgIpc) is 2.40. The van der Waals surface area contributed by atoms with Crippen LogP contribution in [0.15, 0.2) is 0 Å². The molecule has 97 valence electrons. The Morgan fingerprint density at radius 1 is 0.588 bits per heavy atom. The van der Waals surface area contributed by atoms with Crippen molar-refractivity contribution in [3.63, 3.8) is 0 Å². The summed E-state index contributed by atoms with van der Waals surface area (Å²) in [6, 6.07) is 0. The summed E-state index contributed by atoms with van der Waals surface area (Å²) in [6.07, 6.45) is 21.1. The Morgan fingerprint density at radius 3 is 2.18 bits per heavy atom. The molecule has 3 rings (SSSR count). The van der Waals surface area contributed by atoms with Crippen molar-refractivity contribution in [2.75, 3.05) is 0 Å². The smallest absolute Gasteiger partial charge is 0.0321 e. The molecule has 3 saturated carbocycles. The van der Waals surface area contributed by atoms with Crippen molar-refractivity contribution in [3.8, 4) is 0 Å². The minimum Gasteiger partial charge on any atom is -0.0533 e. The highest BCUT2D eigenvalue weighted by molar-refractivity contribution is 4.94. The van der Waals surface area contributed by atoms with E-state index in [9.17, 15) is 0 Å². The van der Waals surface area contributed by atoms with Crippen molar-refractivity contribution in [2.45, 2.75) is 77.0 Å². The first-order valence-corrected chi connectivity index (χ1v) is 8.28. The zero-order chi connectivity index (χ0) is 11.5. The van der Waals surface area contributed by atoms with E-state index >= 15 is 0 Å². The Balaban J connectivity index is 1.56. The van der Waals surface area contributed by atoms with Gasteiger partial charge in [0.05, 0.1) is 0 Å². The largest absolute Gasteiger partial charge is 0.0533 e. The standard InChI is InChI=1S/C17H29/c1-2-7-14(8-3-1)13-16-11-6-10-15-9-4-5-12-17(15)16/h13-17H,1-12H2. The van der Waals surface area contributed by atoms with E-state index in [4.69, 9.17) is 0 Å². The van der Waals surface area contributed by atoms with Gasteiger partial charge in [0.25, 0.3) is 0 Å². The summed E-state index contributed by atoms with van der Waals surface area (Å²) in [4.78, 5) is 0. The van der Waals surface area contributed by atoms with Crippen LogP contribution >= 0.6 is 0 Å². The maximum atomic E-state index is 2.83. The van der Waals surface area contributed by atoms with Gasteiger partial charge in [-0.15, -0.1) is 0 Å². The van der Waals surface area contributed by atoms with E-state index < -0.39 is 0 Å². The number of rotatable bonds is 2. The quantitative estimate of drug-likeness (QED) is 0.601. The van der Waals surface area contributed by atoms with E-state index in [1.807, 2.05) is 0 Å². The van der Waals surface area contributed by atoms with Crippen LogP contribution in [0.4, 0.5) is 0 Å². The SMILES string of the molecule is [CH](C1CCCCC1)C1CCCC2CCCCC12. The van der Waals surface area contributed by atoms with E-state index in [1.165, 1.54) is 57.8 Å². The van der Waals surface area contributed by atoms with Crippen molar-refractivity contribution in [1.82, 2.24) is 0 Å². The summed E-state index contributed by atoms with van der Waals surface area (Å²) in [7, 11) is 0. The second kappa shape index (κ2) is 5.76. The van der Waals surface area contributed by atoms with Crippen molar-refractivity contribution >= 4 is 0 Å². The third kappa shape index (κ3) is 2.88. The molecule has 0 amide bonds. The molecule has 0 heterocycles. The van der Waals surface area contributed by atoms with E-state index in [1.54, 1.807) is 19.3 Å². The molecule has 0 aromatic carbocycles. The zero-order valence-electron chi connectivity index (χ0n) is 11.4. The summed E-state index contributed by atoms with van der Waals surface area (Å²) in [5.74, 6) is 4.22. The monoisotopic (exact) mass is 233 g/mol. The van der Waals surface area contributed by atoms with Gasteiger partial charge in [-0.3, -0.25) is 0 Å². The molecule has 0 nitrogen and oxygen atoms in total. The lowest BCUT2D eigenvalue weighted by molar-refractivity contribution is 0.112. The molecular formula is C17H29. The van der Waals surface area contributed by atoms with Gasteiger partial charge in [0.2, 0.25) is 0 Å². The molecule has 0 aliphatic heterocycles. The van der Waals surface area contributed by atoms with E-state index in [0.29, 0.717) is 0 Å². The molecule has 3 aliphatic carbocycles. The fraction of sp³-hybridized carbons (Fsp3) is 0.941. The summed E-state index contributed by atoms with van der Waals surface area (Å²) >= 11 is 0. The number of fused-ring (bicyclic) bond motifs is 1. The van der Waals surface area contributed by atoms with Crippen LogP contribution in [-0.4, -0.2) is 0 Å². The highest BCUT2D eigenvalue weighted by Gasteiger charge is 2.35. The van der Waals surface area contributed by atoms with Crippen LogP contribution in [0.1, 0.15) is 77.0 Å². The molecule has 17 heavy (non-hydrogen) atoms. The van der Waals surface area contributed by atoms with Gasteiger partial charge < -0.3 is 0 Å². The molecule has 0 saturated heterocycles. The molecule has 1 radical (unpaired) electrons. The normalized spacial score (nSPS) is 39.9. The summed E-state index contributed by atoms with van der Waals surface area (Å²) in [5, 5.41) is 0. The fourth-order valence-corrected chi connectivity index (χ4v) is 4.90. The number of hydrogen-bond acceptors (Lipinski definition) is 0. The molecule has 0 heteroatoms. The van der Waals surface area contributed by atoms with Crippen molar-refractivity contribution in [3.05, 3.63) is 6.42 Å². The predicted molar refractivity (Wildman–Crippen MR) is 73.7 cm³/mol. The lowest BCUT2D eigenvalue weighted by Gasteiger charge is -2.43. The first-order valence-electron chi connectivity index (χ1n) is 8.28. The Morgan fingerprint density at radius 2 is 1.29 bits per heavy atom. The van der Waals surface area contributed by atoms with Crippen LogP contribution in [0.2, 0.25) is 0 Å². The zero-order valence-corrected chi connectivity index (χ0v) is 11.4. The molecule has 0 bridgehead atoms. The Bertz CT molecular complexity index is 224. The molecule has 3 aliphatic rings. The third-order valence-electron chi connectivity index (χ3n) is 5.80. The van der Waals surface area contributed by atoms with E-state index in [2.05, 4.69) is 6.42 Å². The third-order valence-corrected chi connectivity index (χ3v) is 5.80. The van der Waals surface area contributed by atoms with Gasteiger partial charge in [-0.2, -0.15) is 0 Å². The molecule has 3 atom stereocenters. The second-order valence-electron chi connectivity index (χ2n) is 6.89. The van der Waals surface area contributed by atoms with Crippen LogP contribution in [0.3, 0.4) is 0 Å². The summed E-state index contributed by atoms with van der Waals surface area (Å²) in [6.45, 7) is 0. The maximum Gasteiger partial charge on any atom is -0.0321 e. The molecule has 3 unspecified atom stereocenters. The lowest BCUT2D eigenvalue weighted by Crippen LogP contribution is -2.32. The van der Waals surface area contributed by atoms with Gasteiger partial charge in [0, 0.05) is 0 Å². The van der Waals surface area contributed by atoms with Crippen molar-refractivity contribution in [1.29, 1.82) is 0 Å². The first kappa shape index (κ1) is 12.1. The molecule has 0 N–H and O–H groups in total. The van der Waals surface area contributed by atoms with Gasteiger partial charge in [-0.1, -0.05) is 64.2 Å². The van der Waals surface area contributed by atoms with Gasteiger partial charge in [0.15, 0.2) is 0 Å². The summed E-state index contributed by atoms with van der Waals surface area (Å²) in [5.41, 5.74) is 0. The maximum absolute atomic E-state index is 2.83. The first-order chi connectivity index (χ1) is 8.43. The average molecular weight is 233 g/mol. The highest BCUT2D eigenvalue weighted by atomic mass is 14.4. The topological polar surface area (TPSA) is 0 Å². The minimum atomic E-state index is 0.995. The fourth-order valence-electron chi connectivity index (χ4n) is 4.90. The molecule has 0 aromatic rings. The molecule has 3 fully saturated rings. The molecular weight excluding hydrogens is 204 g/mol. The Hall–Kier alpha value is 0. The van der Waals surface area contributed by atoms with Gasteiger partial charge >= 0.3 is 0 Å². The van der Waals surface area contributed by atoms with Crippen LogP contribution in [0, 0.1) is 30.1 Å². The van der Waals surface area contributed by atoms with Crippen molar-refractivity contribution in [2.24, 2.45) is 23.7 Å². The predicted octanol–water partition coefficient (Wildman–Crippen LogP) is 5.38. The van der Waals surface area contributed by atoms with Gasteiger partial charge in [-0.05, 0) is 42.9 Å².